The lowest BCUT2D eigenvalue weighted by molar-refractivity contribution is 0.0717. The molecule has 32 heavy (non-hydrogen) atoms. The van der Waals surface area contributed by atoms with Gasteiger partial charge in [0.2, 0.25) is 0 Å². The lowest BCUT2D eigenvalue weighted by atomic mass is 10.0. The van der Waals surface area contributed by atoms with Crippen LogP contribution in [0.1, 0.15) is 46.0 Å². The third kappa shape index (κ3) is 7.34. The number of aromatic nitrogens is 2. The summed E-state index contributed by atoms with van der Waals surface area (Å²) in [5, 5.41) is 0. The summed E-state index contributed by atoms with van der Waals surface area (Å²) in [6.45, 7) is 5.46. The average molecular weight is 435 g/mol. The van der Waals surface area contributed by atoms with Crippen molar-refractivity contribution in [2.45, 2.75) is 52.1 Å². The molecule has 5 heteroatoms. The van der Waals surface area contributed by atoms with Crippen LogP contribution in [0.3, 0.4) is 0 Å². The molecule has 0 amide bonds. The predicted octanol–water partition coefficient (Wildman–Crippen LogP) is 6.57. The van der Waals surface area contributed by atoms with E-state index in [1.165, 1.54) is 25.7 Å². The molecule has 2 aromatic carbocycles. The van der Waals surface area contributed by atoms with Crippen LogP contribution in [-0.4, -0.2) is 36.4 Å². The van der Waals surface area contributed by atoms with Crippen LogP contribution in [0, 0.1) is 0 Å². The summed E-state index contributed by atoms with van der Waals surface area (Å²) in [5.74, 6) is 2.26. The highest BCUT2D eigenvalue weighted by Crippen LogP contribution is 2.25. The number of methoxy groups -OCH3 is 1. The van der Waals surface area contributed by atoms with Gasteiger partial charge in [0.15, 0.2) is 11.6 Å². The molecular formula is C27H34N2O3. The standard InChI is InChI=1S/C27H34N2O3/c1-4-5-6-7-8-17-31-26-18-28-27(29-19-26)24-11-9-22(10-12-24)23-13-15-25(16-14-23)32-20-21(2)30-3/h9-16,18-19,21H,4-8,17,20H2,1-3H3. The van der Waals surface area contributed by atoms with Crippen molar-refractivity contribution in [3.8, 4) is 34.0 Å². The van der Waals surface area contributed by atoms with E-state index in [0.717, 1.165) is 41.2 Å². The van der Waals surface area contributed by atoms with E-state index < -0.39 is 0 Å². The van der Waals surface area contributed by atoms with Gasteiger partial charge >= 0.3 is 0 Å². The number of hydrogen-bond acceptors (Lipinski definition) is 5. The van der Waals surface area contributed by atoms with Crippen LogP contribution >= 0.6 is 0 Å². The van der Waals surface area contributed by atoms with Crippen molar-refractivity contribution < 1.29 is 14.2 Å². The van der Waals surface area contributed by atoms with Crippen molar-refractivity contribution in [1.29, 1.82) is 0 Å². The van der Waals surface area contributed by atoms with E-state index in [2.05, 4.69) is 41.2 Å². The molecular weight excluding hydrogens is 400 g/mol. The number of nitrogens with zero attached hydrogens (tertiary/aromatic N) is 2. The Morgan fingerprint density at radius 2 is 1.31 bits per heavy atom. The van der Waals surface area contributed by atoms with E-state index in [9.17, 15) is 0 Å². The molecule has 170 valence electrons. The van der Waals surface area contributed by atoms with Crippen molar-refractivity contribution in [2.24, 2.45) is 0 Å². The highest BCUT2D eigenvalue weighted by atomic mass is 16.5. The van der Waals surface area contributed by atoms with Gasteiger partial charge in [-0.2, -0.15) is 0 Å². The molecule has 3 aromatic rings. The van der Waals surface area contributed by atoms with Crippen LogP contribution < -0.4 is 9.47 Å². The number of rotatable bonds is 13. The molecule has 0 saturated carbocycles. The SMILES string of the molecule is CCCCCCCOc1cnc(-c2ccc(-c3ccc(OCC(C)OC)cc3)cc2)nc1. The summed E-state index contributed by atoms with van der Waals surface area (Å²) >= 11 is 0. The Labute approximate surface area is 191 Å². The van der Waals surface area contributed by atoms with Crippen molar-refractivity contribution in [1.82, 2.24) is 9.97 Å². The summed E-state index contributed by atoms with van der Waals surface area (Å²) in [4.78, 5) is 8.94. The topological polar surface area (TPSA) is 53.5 Å². The zero-order valence-electron chi connectivity index (χ0n) is 19.4. The van der Waals surface area contributed by atoms with Gasteiger partial charge < -0.3 is 14.2 Å². The highest BCUT2D eigenvalue weighted by molar-refractivity contribution is 5.68. The summed E-state index contributed by atoms with van der Waals surface area (Å²) in [7, 11) is 1.68. The monoisotopic (exact) mass is 434 g/mol. The highest BCUT2D eigenvalue weighted by Gasteiger charge is 2.05. The molecule has 0 aliphatic carbocycles. The molecule has 1 atom stereocenters. The largest absolute Gasteiger partial charge is 0.491 e. The Kier molecular flexibility index (Phi) is 9.51. The van der Waals surface area contributed by atoms with Gasteiger partial charge in [0, 0.05) is 12.7 Å². The molecule has 0 aliphatic rings. The van der Waals surface area contributed by atoms with Gasteiger partial charge in [0.25, 0.3) is 0 Å². The zero-order valence-corrected chi connectivity index (χ0v) is 19.4. The fourth-order valence-electron chi connectivity index (χ4n) is 3.27. The lowest BCUT2D eigenvalue weighted by Gasteiger charge is -2.12. The second-order valence-corrected chi connectivity index (χ2v) is 7.96. The zero-order chi connectivity index (χ0) is 22.6. The number of benzene rings is 2. The van der Waals surface area contributed by atoms with Crippen LogP contribution in [0.2, 0.25) is 0 Å². The van der Waals surface area contributed by atoms with Gasteiger partial charge in [0.1, 0.15) is 12.4 Å². The van der Waals surface area contributed by atoms with Crippen molar-refractivity contribution >= 4 is 0 Å². The van der Waals surface area contributed by atoms with Gasteiger partial charge in [-0.3, -0.25) is 0 Å². The molecule has 1 heterocycles. The first kappa shape index (κ1) is 23.7. The van der Waals surface area contributed by atoms with Crippen molar-refractivity contribution in [3.63, 3.8) is 0 Å². The minimum atomic E-state index is 0.0700. The normalized spacial score (nSPS) is 11.8. The maximum absolute atomic E-state index is 5.76. The van der Waals surface area contributed by atoms with E-state index in [-0.39, 0.29) is 6.10 Å². The maximum Gasteiger partial charge on any atom is 0.159 e. The smallest absolute Gasteiger partial charge is 0.159 e. The maximum atomic E-state index is 5.76. The summed E-state index contributed by atoms with van der Waals surface area (Å²) < 4.78 is 16.7. The first-order valence-electron chi connectivity index (χ1n) is 11.5. The fourth-order valence-corrected chi connectivity index (χ4v) is 3.27. The Morgan fingerprint density at radius 3 is 1.94 bits per heavy atom. The van der Waals surface area contributed by atoms with Gasteiger partial charge in [-0.05, 0) is 36.6 Å². The lowest BCUT2D eigenvalue weighted by Crippen LogP contribution is -2.15. The molecule has 1 unspecified atom stereocenters. The molecule has 0 bridgehead atoms. The van der Waals surface area contributed by atoms with E-state index in [1.54, 1.807) is 19.5 Å². The number of unbranched alkanes of at least 4 members (excludes halogenated alkanes) is 4. The average Bonchev–Trinajstić information content (AvgIpc) is 2.85. The molecule has 0 N–H and O–H groups in total. The predicted molar refractivity (Wildman–Crippen MR) is 129 cm³/mol. The van der Waals surface area contributed by atoms with Crippen molar-refractivity contribution in [3.05, 3.63) is 60.9 Å². The Balaban J connectivity index is 1.52. The quantitative estimate of drug-likeness (QED) is 0.285. The second-order valence-electron chi connectivity index (χ2n) is 7.96. The molecule has 0 spiro atoms. The van der Waals surface area contributed by atoms with Gasteiger partial charge in [-0.15, -0.1) is 0 Å². The molecule has 1 aromatic heterocycles. The van der Waals surface area contributed by atoms with Gasteiger partial charge in [-0.1, -0.05) is 69.0 Å². The van der Waals surface area contributed by atoms with Gasteiger partial charge in [0.05, 0.1) is 25.1 Å². The minimum Gasteiger partial charge on any atom is -0.491 e. The summed E-state index contributed by atoms with van der Waals surface area (Å²) in [6.07, 6.45) is 9.69. The van der Waals surface area contributed by atoms with Crippen LogP contribution in [0.15, 0.2) is 60.9 Å². The van der Waals surface area contributed by atoms with E-state index >= 15 is 0 Å². The Morgan fingerprint density at radius 1 is 0.719 bits per heavy atom. The molecule has 0 aliphatic heterocycles. The van der Waals surface area contributed by atoms with E-state index in [1.807, 2.05) is 31.2 Å². The van der Waals surface area contributed by atoms with Crippen molar-refractivity contribution in [2.75, 3.05) is 20.3 Å². The van der Waals surface area contributed by atoms with Crippen LogP contribution in [0.5, 0.6) is 11.5 Å². The van der Waals surface area contributed by atoms with Crippen LogP contribution in [0.4, 0.5) is 0 Å². The molecule has 5 nitrogen and oxygen atoms in total. The van der Waals surface area contributed by atoms with Gasteiger partial charge in [-0.25, -0.2) is 9.97 Å². The van der Waals surface area contributed by atoms with Crippen LogP contribution in [0.25, 0.3) is 22.5 Å². The molecule has 0 radical (unpaired) electrons. The first-order valence-corrected chi connectivity index (χ1v) is 11.5. The fraction of sp³-hybridized carbons (Fsp3) is 0.407. The second kappa shape index (κ2) is 12.8. The Hall–Kier alpha value is -2.92. The summed E-state index contributed by atoms with van der Waals surface area (Å²) in [5.41, 5.74) is 3.24. The minimum absolute atomic E-state index is 0.0700. The summed E-state index contributed by atoms with van der Waals surface area (Å²) in [6, 6.07) is 16.4. The molecule has 0 fully saturated rings. The van der Waals surface area contributed by atoms with E-state index in [4.69, 9.17) is 14.2 Å². The van der Waals surface area contributed by atoms with Crippen LogP contribution in [-0.2, 0) is 4.74 Å². The molecule has 3 rings (SSSR count). The number of hydrogen-bond donors (Lipinski definition) is 0. The third-order valence-corrected chi connectivity index (χ3v) is 5.36. The first-order chi connectivity index (χ1) is 15.7. The Bertz CT molecular complexity index is 909. The number of ether oxygens (including phenoxy) is 3. The third-order valence-electron chi connectivity index (χ3n) is 5.36. The molecule has 0 saturated heterocycles. The van der Waals surface area contributed by atoms with E-state index in [0.29, 0.717) is 12.4 Å².